The maximum Gasteiger partial charge on any atom is 0.233 e. The second-order valence-corrected chi connectivity index (χ2v) is 5.21. The number of anilines is 2. The molecule has 0 fully saturated rings. The third kappa shape index (κ3) is 4.84. The average Bonchev–Trinajstić information content (AvgIpc) is 2.82. The second kappa shape index (κ2) is 7.06. The Kier molecular flexibility index (Phi) is 5.11. The van der Waals surface area contributed by atoms with Gasteiger partial charge in [-0.15, -0.1) is 0 Å². The van der Waals surface area contributed by atoms with Crippen molar-refractivity contribution in [3.63, 3.8) is 0 Å². The molecule has 0 unspecified atom stereocenters. The van der Waals surface area contributed by atoms with Gasteiger partial charge in [-0.05, 0) is 25.6 Å². The number of nitrogens with two attached hydrogens (primary N) is 1. The predicted molar refractivity (Wildman–Crippen MR) is 80.2 cm³/mol. The smallest absolute Gasteiger partial charge is 0.233 e. The van der Waals surface area contributed by atoms with Crippen LogP contribution in [0.3, 0.4) is 0 Å². The lowest BCUT2D eigenvalue weighted by molar-refractivity contribution is 0.325. The number of nitrogen functional groups attached to an aromatic ring is 1. The molecule has 5 nitrogen and oxygen atoms in total. The van der Waals surface area contributed by atoms with E-state index >= 15 is 0 Å². The van der Waals surface area contributed by atoms with E-state index in [0.29, 0.717) is 5.95 Å². The van der Waals surface area contributed by atoms with Gasteiger partial charge >= 0.3 is 0 Å². The van der Waals surface area contributed by atoms with E-state index in [4.69, 9.17) is 5.73 Å². The van der Waals surface area contributed by atoms with Gasteiger partial charge in [0.05, 0.1) is 0 Å². The predicted octanol–water partition coefficient (Wildman–Crippen LogP) is 2.05. The van der Waals surface area contributed by atoms with Crippen LogP contribution in [0.2, 0.25) is 0 Å². The molecule has 0 bridgehead atoms. The zero-order chi connectivity index (χ0) is 13.5. The summed E-state index contributed by atoms with van der Waals surface area (Å²) in [4.78, 5) is 6.37. The summed E-state index contributed by atoms with van der Waals surface area (Å²) in [6.07, 6.45) is 1.06. The molecule has 0 radical (unpaired) electrons. The third-order valence-corrected chi connectivity index (χ3v) is 3.42. The zero-order valence-corrected chi connectivity index (χ0v) is 11.9. The van der Waals surface area contributed by atoms with Crippen LogP contribution in [0.4, 0.5) is 11.1 Å². The summed E-state index contributed by atoms with van der Waals surface area (Å²) in [7, 11) is 2.13. The van der Waals surface area contributed by atoms with E-state index in [1.54, 1.807) is 0 Å². The maximum atomic E-state index is 5.46. The van der Waals surface area contributed by atoms with Crippen molar-refractivity contribution in [1.82, 2.24) is 14.3 Å². The molecule has 0 aliphatic rings. The Labute approximate surface area is 117 Å². The minimum Gasteiger partial charge on any atom is -0.367 e. The van der Waals surface area contributed by atoms with Crippen LogP contribution >= 0.6 is 11.5 Å². The van der Waals surface area contributed by atoms with Crippen molar-refractivity contribution in [3.8, 4) is 0 Å². The van der Waals surface area contributed by atoms with E-state index < -0.39 is 0 Å². The zero-order valence-electron chi connectivity index (χ0n) is 11.0. The molecule has 2 aromatic rings. The Morgan fingerprint density at radius 1 is 1.32 bits per heavy atom. The Balaban J connectivity index is 1.63. The highest BCUT2D eigenvalue weighted by Gasteiger charge is 2.01. The molecule has 0 aliphatic heterocycles. The SMILES string of the molecule is CN(CCCNc1nc(N)ns1)Cc1ccccc1. The van der Waals surface area contributed by atoms with E-state index in [0.717, 1.165) is 31.2 Å². The van der Waals surface area contributed by atoms with Crippen LogP contribution in [0, 0.1) is 0 Å². The maximum absolute atomic E-state index is 5.46. The van der Waals surface area contributed by atoms with Gasteiger partial charge in [0, 0.05) is 24.6 Å². The standard InChI is InChI=1S/C13H19N5S/c1-18(10-11-6-3-2-4-7-11)9-5-8-15-13-16-12(14)17-19-13/h2-4,6-7H,5,8-10H2,1H3,(H3,14,15,16,17). The van der Waals surface area contributed by atoms with Crippen LogP contribution in [-0.4, -0.2) is 34.4 Å². The van der Waals surface area contributed by atoms with Gasteiger partial charge in [0.1, 0.15) is 0 Å². The first kappa shape index (κ1) is 13.8. The topological polar surface area (TPSA) is 67.1 Å². The molecule has 1 aromatic carbocycles. The van der Waals surface area contributed by atoms with Crippen molar-refractivity contribution in [1.29, 1.82) is 0 Å². The minimum atomic E-state index is 0.341. The van der Waals surface area contributed by atoms with Gasteiger partial charge in [-0.25, -0.2) is 0 Å². The molecular weight excluding hydrogens is 258 g/mol. The van der Waals surface area contributed by atoms with Gasteiger partial charge in [0.2, 0.25) is 11.1 Å². The summed E-state index contributed by atoms with van der Waals surface area (Å²) in [5.41, 5.74) is 6.80. The molecule has 1 aromatic heterocycles. The van der Waals surface area contributed by atoms with E-state index in [2.05, 4.69) is 50.9 Å². The number of rotatable bonds is 7. The van der Waals surface area contributed by atoms with Crippen LogP contribution in [0.25, 0.3) is 0 Å². The first-order chi connectivity index (χ1) is 9.24. The lowest BCUT2D eigenvalue weighted by Crippen LogP contribution is -2.21. The summed E-state index contributed by atoms with van der Waals surface area (Å²) in [5.74, 6) is 0.341. The first-order valence-electron chi connectivity index (χ1n) is 6.29. The Morgan fingerprint density at radius 2 is 2.11 bits per heavy atom. The van der Waals surface area contributed by atoms with Crippen molar-refractivity contribution in [2.24, 2.45) is 0 Å². The molecule has 0 saturated heterocycles. The summed E-state index contributed by atoms with van der Waals surface area (Å²) in [6.45, 7) is 2.90. The number of hydrogen-bond acceptors (Lipinski definition) is 6. The van der Waals surface area contributed by atoms with E-state index in [9.17, 15) is 0 Å². The number of nitrogens with one attached hydrogen (secondary N) is 1. The Morgan fingerprint density at radius 3 is 2.79 bits per heavy atom. The molecule has 3 N–H and O–H groups in total. The summed E-state index contributed by atoms with van der Waals surface area (Å²) in [6, 6.07) is 10.5. The molecule has 0 spiro atoms. The number of aromatic nitrogens is 2. The van der Waals surface area contributed by atoms with E-state index in [1.165, 1.54) is 17.1 Å². The second-order valence-electron chi connectivity index (χ2n) is 4.46. The fourth-order valence-corrected chi connectivity index (χ4v) is 2.35. The van der Waals surface area contributed by atoms with Gasteiger partial charge in [-0.2, -0.15) is 9.36 Å². The molecule has 6 heteroatoms. The van der Waals surface area contributed by atoms with Gasteiger partial charge in [0.15, 0.2) is 0 Å². The quantitative estimate of drug-likeness (QED) is 0.758. The third-order valence-electron chi connectivity index (χ3n) is 2.73. The summed E-state index contributed by atoms with van der Waals surface area (Å²) >= 11 is 1.30. The van der Waals surface area contributed by atoms with Gasteiger partial charge in [-0.3, -0.25) is 0 Å². The van der Waals surface area contributed by atoms with Crippen molar-refractivity contribution in [2.45, 2.75) is 13.0 Å². The number of benzene rings is 1. The molecule has 0 atom stereocenters. The largest absolute Gasteiger partial charge is 0.367 e. The van der Waals surface area contributed by atoms with E-state index in [-0.39, 0.29) is 0 Å². The van der Waals surface area contributed by atoms with Gasteiger partial charge in [0.25, 0.3) is 0 Å². The normalized spacial score (nSPS) is 10.8. The summed E-state index contributed by atoms with van der Waals surface area (Å²) in [5, 5.41) is 4.02. The van der Waals surface area contributed by atoms with Crippen LogP contribution < -0.4 is 11.1 Å². The molecule has 0 amide bonds. The fourth-order valence-electron chi connectivity index (χ4n) is 1.83. The Hall–Kier alpha value is -1.66. The van der Waals surface area contributed by atoms with Crippen molar-refractivity contribution in [3.05, 3.63) is 35.9 Å². The highest BCUT2D eigenvalue weighted by atomic mass is 32.1. The molecule has 0 aliphatic carbocycles. The van der Waals surface area contributed by atoms with Crippen LogP contribution in [-0.2, 0) is 6.54 Å². The molecule has 19 heavy (non-hydrogen) atoms. The number of hydrogen-bond donors (Lipinski definition) is 2. The highest BCUT2D eigenvalue weighted by Crippen LogP contribution is 2.11. The van der Waals surface area contributed by atoms with Crippen molar-refractivity contribution >= 4 is 22.6 Å². The summed E-state index contributed by atoms with van der Waals surface area (Å²) < 4.78 is 3.92. The minimum absolute atomic E-state index is 0.341. The van der Waals surface area contributed by atoms with Crippen LogP contribution in [0.5, 0.6) is 0 Å². The Bertz CT molecular complexity index is 485. The van der Waals surface area contributed by atoms with Crippen molar-refractivity contribution < 1.29 is 0 Å². The lowest BCUT2D eigenvalue weighted by Gasteiger charge is -2.16. The van der Waals surface area contributed by atoms with Crippen molar-refractivity contribution in [2.75, 3.05) is 31.2 Å². The average molecular weight is 277 g/mol. The molecule has 2 rings (SSSR count). The molecule has 1 heterocycles. The van der Waals surface area contributed by atoms with Crippen LogP contribution in [0.15, 0.2) is 30.3 Å². The number of nitrogens with zero attached hydrogens (tertiary/aromatic N) is 3. The lowest BCUT2D eigenvalue weighted by atomic mass is 10.2. The van der Waals surface area contributed by atoms with Gasteiger partial charge < -0.3 is 16.0 Å². The fraction of sp³-hybridized carbons (Fsp3) is 0.385. The molecule has 0 saturated carbocycles. The first-order valence-corrected chi connectivity index (χ1v) is 7.07. The monoisotopic (exact) mass is 277 g/mol. The molecule has 102 valence electrons. The van der Waals surface area contributed by atoms with E-state index in [1.807, 2.05) is 6.07 Å². The molecular formula is C13H19N5S. The highest BCUT2D eigenvalue weighted by molar-refractivity contribution is 7.09. The van der Waals surface area contributed by atoms with Gasteiger partial charge in [-0.1, -0.05) is 30.3 Å². The van der Waals surface area contributed by atoms with Crippen LogP contribution in [0.1, 0.15) is 12.0 Å².